The van der Waals surface area contributed by atoms with Crippen molar-refractivity contribution in [2.24, 2.45) is 0 Å². The monoisotopic (exact) mass is 449 g/mol. The van der Waals surface area contributed by atoms with Gasteiger partial charge >= 0.3 is 11.9 Å². The van der Waals surface area contributed by atoms with Gasteiger partial charge < -0.3 is 19.8 Å². The molecule has 0 fully saturated rings. The number of hydrogen-bond acceptors (Lipinski definition) is 6. The van der Waals surface area contributed by atoms with Crippen LogP contribution in [0, 0.1) is 0 Å². The van der Waals surface area contributed by atoms with Gasteiger partial charge in [0, 0.05) is 17.8 Å². The van der Waals surface area contributed by atoms with Crippen LogP contribution in [0.2, 0.25) is 10.3 Å². The summed E-state index contributed by atoms with van der Waals surface area (Å²) in [4.78, 5) is 32.6. The molecule has 0 spiro atoms. The SMILES string of the molecule is COC(=O)C1=C(C)NC(C)=C(C(=O)OCCc2ccccc2)C1c1nc(Cl)c(Cl)[nH]1. The van der Waals surface area contributed by atoms with Crippen molar-refractivity contribution in [3.63, 3.8) is 0 Å². The molecule has 1 aliphatic rings. The highest BCUT2D eigenvalue weighted by Crippen LogP contribution is 2.39. The number of imidazole rings is 1. The Morgan fingerprint density at radius 3 is 2.27 bits per heavy atom. The van der Waals surface area contributed by atoms with E-state index < -0.39 is 17.9 Å². The fraction of sp³-hybridized carbons (Fsp3) is 0.286. The average Bonchev–Trinajstić information content (AvgIpc) is 3.05. The summed E-state index contributed by atoms with van der Waals surface area (Å²) < 4.78 is 10.5. The van der Waals surface area contributed by atoms with Crippen molar-refractivity contribution in [1.82, 2.24) is 15.3 Å². The molecule has 1 unspecified atom stereocenters. The lowest BCUT2D eigenvalue weighted by molar-refractivity contribution is -0.139. The van der Waals surface area contributed by atoms with Crippen LogP contribution in [-0.2, 0) is 25.5 Å². The van der Waals surface area contributed by atoms with Crippen molar-refractivity contribution < 1.29 is 19.1 Å². The summed E-state index contributed by atoms with van der Waals surface area (Å²) in [5, 5.41) is 3.21. The molecule has 0 saturated carbocycles. The van der Waals surface area contributed by atoms with Gasteiger partial charge in [-0.05, 0) is 19.4 Å². The summed E-state index contributed by atoms with van der Waals surface area (Å²) in [6.07, 6.45) is 0.564. The van der Waals surface area contributed by atoms with Crippen LogP contribution in [0.4, 0.5) is 0 Å². The number of hydrogen-bond donors (Lipinski definition) is 2. The van der Waals surface area contributed by atoms with Gasteiger partial charge in [-0.1, -0.05) is 53.5 Å². The number of ether oxygens (including phenoxy) is 2. The number of methoxy groups -OCH3 is 1. The Hall–Kier alpha value is -2.77. The molecule has 0 bridgehead atoms. The highest BCUT2D eigenvalue weighted by atomic mass is 35.5. The standard InChI is InChI=1S/C21H21Cl2N3O4/c1-11-14(20(27)29-3)16(19-25-17(22)18(23)26-19)15(12(2)24-11)21(28)30-10-9-13-7-5-4-6-8-13/h4-8,16,24H,9-10H2,1-3H3,(H,25,26). The summed E-state index contributed by atoms with van der Waals surface area (Å²) in [7, 11) is 1.27. The van der Waals surface area contributed by atoms with Gasteiger partial charge in [0.25, 0.3) is 0 Å². The second-order valence-electron chi connectivity index (χ2n) is 6.73. The summed E-state index contributed by atoms with van der Waals surface area (Å²) in [5.74, 6) is -1.79. The van der Waals surface area contributed by atoms with Crippen LogP contribution in [0.25, 0.3) is 0 Å². The first kappa shape index (κ1) is 21.9. The zero-order valence-electron chi connectivity index (χ0n) is 16.7. The Bertz CT molecular complexity index is 1010. The van der Waals surface area contributed by atoms with Crippen molar-refractivity contribution in [1.29, 1.82) is 0 Å². The van der Waals surface area contributed by atoms with Gasteiger partial charge in [0.1, 0.15) is 11.0 Å². The Balaban J connectivity index is 1.92. The number of carbonyl (C=O) groups excluding carboxylic acids is 2. The molecular formula is C21H21Cl2N3O4. The molecule has 0 radical (unpaired) electrons. The maximum Gasteiger partial charge on any atom is 0.336 e. The van der Waals surface area contributed by atoms with Gasteiger partial charge in [0.2, 0.25) is 0 Å². The van der Waals surface area contributed by atoms with E-state index >= 15 is 0 Å². The van der Waals surface area contributed by atoms with Crippen LogP contribution in [-0.4, -0.2) is 35.6 Å². The number of allylic oxidation sites excluding steroid dienone is 2. The van der Waals surface area contributed by atoms with E-state index in [2.05, 4.69) is 15.3 Å². The third-order valence-corrected chi connectivity index (χ3v) is 5.41. The molecule has 1 aliphatic heterocycles. The summed E-state index contributed by atoms with van der Waals surface area (Å²) in [5.41, 5.74) is 2.58. The predicted molar refractivity (Wildman–Crippen MR) is 113 cm³/mol. The molecule has 7 nitrogen and oxygen atoms in total. The second kappa shape index (κ2) is 9.36. The van der Waals surface area contributed by atoms with Gasteiger partial charge in [-0.2, -0.15) is 0 Å². The number of halogens is 2. The Morgan fingerprint density at radius 2 is 1.70 bits per heavy atom. The molecule has 2 aromatic rings. The van der Waals surface area contributed by atoms with E-state index in [-0.39, 0.29) is 33.9 Å². The molecule has 1 atom stereocenters. The van der Waals surface area contributed by atoms with E-state index in [0.717, 1.165) is 5.56 Å². The molecular weight excluding hydrogens is 429 g/mol. The lowest BCUT2D eigenvalue weighted by atomic mass is 9.85. The zero-order valence-corrected chi connectivity index (χ0v) is 18.2. The molecule has 3 rings (SSSR count). The first-order valence-corrected chi connectivity index (χ1v) is 9.97. The zero-order chi connectivity index (χ0) is 21.8. The highest BCUT2D eigenvalue weighted by molar-refractivity contribution is 6.40. The normalized spacial score (nSPS) is 16.4. The Kier molecular flexibility index (Phi) is 6.84. The summed E-state index contributed by atoms with van der Waals surface area (Å²) in [6, 6.07) is 9.68. The van der Waals surface area contributed by atoms with Crippen LogP contribution >= 0.6 is 23.2 Å². The summed E-state index contributed by atoms with van der Waals surface area (Å²) >= 11 is 12.0. The van der Waals surface area contributed by atoms with Crippen molar-refractivity contribution in [3.05, 3.63) is 74.6 Å². The first-order chi connectivity index (χ1) is 14.3. The highest BCUT2D eigenvalue weighted by Gasteiger charge is 2.39. The number of nitrogens with one attached hydrogen (secondary N) is 2. The van der Waals surface area contributed by atoms with Crippen LogP contribution in [0.5, 0.6) is 0 Å². The fourth-order valence-electron chi connectivity index (χ4n) is 3.39. The molecule has 1 aromatic carbocycles. The number of rotatable bonds is 6. The topological polar surface area (TPSA) is 93.3 Å². The number of esters is 2. The largest absolute Gasteiger partial charge is 0.466 e. The van der Waals surface area contributed by atoms with Crippen LogP contribution in [0.3, 0.4) is 0 Å². The number of benzene rings is 1. The number of aromatic nitrogens is 2. The molecule has 0 aliphatic carbocycles. The maximum absolute atomic E-state index is 13.0. The predicted octanol–water partition coefficient (Wildman–Crippen LogP) is 3.91. The smallest absolute Gasteiger partial charge is 0.336 e. The van der Waals surface area contributed by atoms with E-state index in [1.807, 2.05) is 30.3 Å². The quantitative estimate of drug-likeness (QED) is 0.649. The van der Waals surface area contributed by atoms with Crippen molar-refractivity contribution in [2.75, 3.05) is 13.7 Å². The van der Waals surface area contributed by atoms with Crippen molar-refractivity contribution in [2.45, 2.75) is 26.2 Å². The lowest BCUT2D eigenvalue weighted by Crippen LogP contribution is -2.33. The van der Waals surface area contributed by atoms with Gasteiger partial charge in [0.05, 0.1) is 30.8 Å². The molecule has 2 N–H and O–H groups in total. The number of aromatic amines is 1. The van der Waals surface area contributed by atoms with Gasteiger partial charge in [-0.25, -0.2) is 14.6 Å². The van der Waals surface area contributed by atoms with E-state index in [4.69, 9.17) is 32.7 Å². The van der Waals surface area contributed by atoms with Crippen molar-refractivity contribution >= 4 is 35.1 Å². The molecule has 158 valence electrons. The fourth-order valence-corrected chi connectivity index (χ4v) is 3.66. The third-order valence-electron chi connectivity index (χ3n) is 4.76. The lowest BCUT2D eigenvalue weighted by Gasteiger charge is -2.28. The minimum absolute atomic E-state index is 0.0431. The van der Waals surface area contributed by atoms with Crippen LogP contribution in [0.1, 0.15) is 31.2 Å². The molecule has 0 amide bonds. The minimum Gasteiger partial charge on any atom is -0.466 e. The molecule has 2 heterocycles. The van der Waals surface area contributed by atoms with E-state index in [0.29, 0.717) is 17.8 Å². The molecule has 1 aromatic heterocycles. The Morgan fingerprint density at radius 1 is 1.07 bits per heavy atom. The number of H-pyrrole nitrogens is 1. The van der Waals surface area contributed by atoms with E-state index in [1.54, 1.807) is 13.8 Å². The van der Waals surface area contributed by atoms with Gasteiger partial charge in [0.15, 0.2) is 5.15 Å². The number of carbonyl (C=O) groups is 2. The van der Waals surface area contributed by atoms with Crippen molar-refractivity contribution in [3.8, 4) is 0 Å². The average molecular weight is 450 g/mol. The Labute approximate surface area is 184 Å². The molecule has 30 heavy (non-hydrogen) atoms. The van der Waals surface area contributed by atoms with Crippen LogP contribution in [0.15, 0.2) is 52.9 Å². The van der Waals surface area contributed by atoms with Gasteiger partial charge in [-0.3, -0.25) is 0 Å². The number of dihydropyridines is 1. The van der Waals surface area contributed by atoms with Gasteiger partial charge in [-0.15, -0.1) is 0 Å². The summed E-state index contributed by atoms with van der Waals surface area (Å²) in [6.45, 7) is 3.62. The first-order valence-electron chi connectivity index (χ1n) is 9.22. The molecule has 9 heteroatoms. The second-order valence-corrected chi connectivity index (χ2v) is 7.46. The maximum atomic E-state index is 13.0. The molecule has 0 saturated heterocycles. The van der Waals surface area contributed by atoms with Crippen LogP contribution < -0.4 is 5.32 Å². The number of nitrogens with zero attached hydrogens (tertiary/aromatic N) is 1. The van der Waals surface area contributed by atoms with E-state index in [1.165, 1.54) is 7.11 Å². The van der Waals surface area contributed by atoms with E-state index in [9.17, 15) is 9.59 Å². The third kappa shape index (κ3) is 4.52. The minimum atomic E-state index is -0.868.